The molecule has 0 saturated carbocycles. The second-order valence-corrected chi connectivity index (χ2v) is 6.01. The molecule has 0 unspecified atom stereocenters. The molecule has 144 valence electrons. The Morgan fingerprint density at radius 3 is 2.07 bits per heavy atom. The number of benzene rings is 3. The molecule has 3 aromatic rings. The molecule has 0 radical (unpaired) electrons. The molecule has 5 nitrogen and oxygen atoms in total. The second-order valence-electron chi connectivity index (χ2n) is 6.01. The van der Waals surface area contributed by atoms with Crippen LogP contribution in [-0.4, -0.2) is 20.1 Å². The number of carbonyl (C=O) groups excluding carboxylic acids is 1. The van der Waals surface area contributed by atoms with E-state index in [9.17, 15) is 9.18 Å². The van der Waals surface area contributed by atoms with Crippen molar-refractivity contribution in [2.45, 2.75) is 6.54 Å². The maximum atomic E-state index is 13.7. The Labute approximate surface area is 163 Å². The monoisotopic (exact) mass is 380 g/mol. The van der Waals surface area contributed by atoms with E-state index in [1.807, 2.05) is 12.1 Å². The summed E-state index contributed by atoms with van der Waals surface area (Å²) in [5, 5.41) is 5.99. The van der Waals surface area contributed by atoms with Gasteiger partial charge in [0.15, 0.2) is 0 Å². The summed E-state index contributed by atoms with van der Waals surface area (Å²) < 4.78 is 24.2. The maximum absolute atomic E-state index is 13.7. The van der Waals surface area contributed by atoms with Gasteiger partial charge in [0.25, 0.3) is 5.91 Å². The van der Waals surface area contributed by atoms with Crippen LogP contribution in [0, 0.1) is 5.82 Å². The molecule has 1 amide bonds. The van der Waals surface area contributed by atoms with E-state index in [0.717, 1.165) is 5.69 Å². The average Bonchev–Trinajstić information content (AvgIpc) is 2.73. The highest BCUT2D eigenvalue weighted by Gasteiger charge is 2.18. The summed E-state index contributed by atoms with van der Waals surface area (Å²) in [4.78, 5) is 12.7. The van der Waals surface area contributed by atoms with Crippen molar-refractivity contribution in [3.05, 3.63) is 83.7 Å². The molecule has 3 rings (SSSR count). The van der Waals surface area contributed by atoms with E-state index >= 15 is 0 Å². The summed E-state index contributed by atoms with van der Waals surface area (Å²) in [6.45, 7) is 0.372. The first-order valence-electron chi connectivity index (χ1n) is 8.72. The number of methoxy groups -OCH3 is 2. The summed E-state index contributed by atoms with van der Waals surface area (Å²) in [6.07, 6.45) is 0. The fourth-order valence-corrected chi connectivity index (χ4v) is 2.78. The topological polar surface area (TPSA) is 59.6 Å². The first-order valence-corrected chi connectivity index (χ1v) is 8.72. The van der Waals surface area contributed by atoms with Gasteiger partial charge in [-0.2, -0.15) is 0 Å². The van der Waals surface area contributed by atoms with E-state index in [0.29, 0.717) is 34.9 Å². The van der Waals surface area contributed by atoms with Gasteiger partial charge in [0.2, 0.25) is 0 Å². The zero-order valence-corrected chi connectivity index (χ0v) is 15.7. The highest BCUT2D eigenvalue weighted by atomic mass is 19.1. The van der Waals surface area contributed by atoms with E-state index in [4.69, 9.17) is 9.47 Å². The molecule has 0 spiro atoms. The van der Waals surface area contributed by atoms with Crippen molar-refractivity contribution in [1.82, 2.24) is 0 Å². The third kappa shape index (κ3) is 4.40. The number of amides is 1. The summed E-state index contributed by atoms with van der Waals surface area (Å²) >= 11 is 0. The molecule has 0 bridgehead atoms. The molecule has 0 heterocycles. The number of carbonyl (C=O) groups is 1. The summed E-state index contributed by atoms with van der Waals surface area (Å²) in [5.41, 5.74) is 2.35. The average molecular weight is 380 g/mol. The van der Waals surface area contributed by atoms with E-state index < -0.39 is 0 Å². The van der Waals surface area contributed by atoms with Crippen LogP contribution in [0.5, 0.6) is 11.5 Å². The van der Waals surface area contributed by atoms with E-state index in [1.165, 1.54) is 20.3 Å². The molecular formula is C22H21FN2O3. The lowest BCUT2D eigenvalue weighted by molar-refractivity contribution is 0.102. The zero-order chi connectivity index (χ0) is 19.9. The maximum Gasteiger partial charge on any atom is 0.263 e. The lowest BCUT2D eigenvalue weighted by Crippen LogP contribution is -2.14. The lowest BCUT2D eigenvalue weighted by atomic mass is 10.1. The van der Waals surface area contributed by atoms with Crippen LogP contribution in [0.4, 0.5) is 15.8 Å². The van der Waals surface area contributed by atoms with Crippen LogP contribution in [0.15, 0.2) is 66.7 Å². The number of rotatable bonds is 7. The van der Waals surface area contributed by atoms with Crippen molar-refractivity contribution < 1.29 is 18.7 Å². The minimum atomic E-state index is -0.332. The third-order valence-corrected chi connectivity index (χ3v) is 4.24. The quantitative estimate of drug-likeness (QED) is 0.623. The Hall–Kier alpha value is -3.54. The number of anilines is 2. The van der Waals surface area contributed by atoms with Crippen LogP contribution >= 0.6 is 0 Å². The Bertz CT molecular complexity index is 936. The molecule has 2 N–H and O–H groups in total. The Morgan fingerprint density at radius 1 is 0.857 bits per heavy atom. The van der Waals surface area contributed by atoms with Crippen LogP contribution in [0.3, 0.4) is 0 Å². The van der Waals surface area contributed by atoms with Gasteiger partial charge >= 0.3 is 0 Å². The molecule has 3 aromatic carbocycles. The van der Waals surface area contributed by atoms with E-state index in [1.54, 1.807) is 48.5 Å². The highest BCUT2D eigenvalue weighted by Crippen LogP contribution is 2.29. The lowest BCUT2D eigenvalue weighted by Gasteiger charge is -2.13. The standard InChI is InChI=1S/C22H21FN2O3/c1-27-19-8-5-9-20(28-2)21(19)22(26)25-17-12-10-16(11-13-17)24-14-15-6-3-4-7-18(15)23/h3-13,24H,14H2,1-2H3,(H,25,26). The van der Waals surface area contributed by atoms with Crippen molar-refractivity contribution in [1.29, 1.82) is 0 Å². The zero-order valence-electron chi connectivity index (χ0n) is 15.7. The first-order chi connectivity index (χ1) is 13.6. The van der Waals surface area contributed by atoms with Crippen LogP contribution in [0.1, 0.15) is 15.9 Å². The Balaban J connectivity index is 1.68. The predicted octanol–water partition coefficient (Wildman–Crippen LogP) is 4.71. The summed E-state index contributed by atoms with van der Waals surface area (Å²) in [5.74, 6) is 0.283. The number of ether oxygens (including phenoxy) is 2. The molecule has 0 aliphatic heterocycles. The largest absolute Gasteiger partial charge is 0.496 e. The smallest absolute Gasteiger partial charge is 0.263 e. The fourth-order valence-electron chi connectivity index (χ4n) is 2.78. The number of hydrogen-bond donors (Lipinski definition) is 2. The van der Waals surface area contributed by atoms with Gasteiger partial charge in [-0.25, -0.2) is 4.39 Å². The molecule has 28 heavy (non-hydrogen) atoms. The molecule has 0 fully saturated rings. The number of hydrogen-bond acceptors (Lipinski definition) is 4. The fraction of sp³-hybridized carbons (Fsp3) is 0.136. The molecule has 0 aromatic heterocycles. The van der Waals surface area contributed by atoms with Crippen molar-refractivity contribution >= 4 is 17.3 Å². The third-order valence-electron chi connectivity index (χ3n) is 4.24. The van der Waals surface area contributed by atoms with Crippen LogP contribution in [0.2, 0.25) is 0 Å². The van der Waals surface area contributed by atoms with Crippen molar-refractivity contribution in [2.24, 2.45) is 0 Å². The van der Waals surface area contributed by atoms with Gasteiger partial charge in [-0.05, 0) is 42.5 Å². The molecule has 0 aliphatic rings. The molecule has 0 atom stereocenters. The summed E-state index contributed by atoms with van der Waals surface area (Å²) in [6, 6.07) is 18.9. The van der Waals surface area contributed by atoms with Crippen molar-refractivity contribution in [2.75, 3.05) is 24.9 Å². The van der Waals surface area contributed by atoms with Gasteiger partial charge in [-0.15, -0.1) is 0 Å². The molecule has 0 aliphatic carbocycles. The van der Waals surface area contributed by atoms with Gasteiger partial charge in [-0.1, -0.05) is 24.3 Å². The van der Waals surface area contributed by atoms with Gasteiger partial charge in [0, 0.05) is 23.5 Å². The van der Waals surface area contributed by atoms with E-state index in [-0.39, 0.29) is 11.7 Å². The molecule has 0 saturated heterocycles. The Kier molecular flexibility index (Phi) is 6.11. The van der Waals surface area contributed by atoms with Crippen LogP contribution < -0.4 is 20.1 Å². The van der Waals surface area contributed by atoms with Crippen LogP contribution in [0.25, 0.3) is 0 Å². The molecular weight excluding hydrogens is 359 g/mol. The minimum absolute atomic E-state index is 0.246. The minimum Gasteiger partial charge on any atom is -0.496 e. The van der Waals surface area contributed by atoms with Gasteiger partial charge in [0.1, 0.15) is 22.9 Å². The van der Waals surface area contributed by atoms with Gasteiger partial charge < -0.3 is 20.1 Å². The SMILES string of the molecule is COc1cccc(OC)c1C(=O)Nc1ccc(NCc2ccccc2F)cc1. The summed E-state index contributed by atoms with van der Waals surface area (Å²) in [7, 11) is 3.00. The normalized spacial score (nSPS) is 10.2. The van der Waals surface area contributed by atoms with Crippen LogP contribution in [-0.2, 0) is 6.54 Å². The second kappa shape index (κ2) is 8.90. The number of nitrogens with one attached hydrogen (secondary N) is 2. The first kappa shape index (κ1) is 19.2. The van der Waals surface area contributed by atoms with E-state index in [2.05, 4.69) is 10.6 Å². The molecule has 6 heteroatoms. The van der Waals surface area contributed by atoms with Gasteiger partial charge in [-0.3, -0.25) is 4.79 Å². The van der Waals surface area contributed by atoms with Crippen molar-refractivity contribution in [3.8, 4) is 11.5 Å². The van der Waals surface area contributed by atoms with Gasteiger partial charge in [0.05, 0.1) is 14.2 Å². The Morgan fingerprint density at radius 2 is 1.46 bits per heavy atom. The van der Waals surface area contributed by atoms with Crippen molar-refractivity contribution in [3.63, 3.8) is 0 Å². The highest BCUT2D eigenvalue weighted by molar-refractivity contribution is 6.08. The number of halogens is 1. The predicted molar refractivity (Wildman–Crippen MR) is 108 cm³/mol.